The second kappa shape index (κ2) is 6.34. The molecule has 2 heteroatoms. The first kappa shape index (κ1) is 19.4. The summed E-state index contributed by atoms with van der Waals surface area (Å²) in [7, 11) is 0. The predicted octanol–water partition coefficient (Wildman–Crippen LogP) is 7.91. The van der Waals surface area contributed by atoms with Crippen molar-refractivity contribution in [3.8, 4) is 0 Å². The van der Waals surface area contributed by atoms with E-state index in [-0.39, 0.29) is 10.8 Å². The van der Waals surface area contributed by atoms with Gasteiger partial charge in [0.1, 0.15) is 0 Å². The molecule has 0 atom stereocenters. The summed E-state index contributed by atoms with van der Waals surface area (Å²) in [6, 6.07) is 13.4. The van der Waals surface area contributed by atoms with Crippen molar-refractivity contribution < 1.29 is 0 Å². The van der Waals surface area contributed by atoms with Gasteiger partial charge in [0.2, 0.25) is 0 Å². The molecular weight excluding hydrogens is 334 g/mol. The second-order valence-electron chi connectivity index (χ2n) is 10.5. The maximum absolute atomic E-state index is 3.77. The molecule has 3 rings (SSSR count). The number of para-hydroxylation sites is 1. The van der Waals surface area contributed by atoms with Crippen molar-refractivity contribution in [2.24, 2.45) is 5.41 Å². The van der Waals surface area contributed by atoms with Crippen LogP contribution in [0.25, 0.3) is 0 Å². The SMILES string of the molecule is CC(C)(C)CC(C)(C)c1ccc(C(C)(C)C)c2c1Sc1ccccc1N2. The fourth-order valence-electron chi connectivity index (χ4n) is 4.30. The zero-order valence-electron chi connectivity index (χ0n) is 17.6. The molecule has 0 aromatic heterocycles. The number of nitrogens with one attached hydrogen (secondary N) is 1. The Morgan fingerprint density at radius 2 is 1.42 bits per heavy atom. The van der Waals surface area contributed by atoms with E-state index in [1.165, 1.54) is 32.3 Å². The number of hydrogen-bond donors (Lipinski definition) is 1. The first-order valence-corrected chi connectivity index (χ1v) is 10.4. The molecule has 1 aliphatic rings. The smallest absolute Gasteiger partial charge is 0.0567 e. The van der Waals surface area contributed by atoms with E-state index >= 15 is 0 Å². The summed E-state index contributed by atoms with van der Waals surface area (Å²) in [4.78, 5) is 2.73. The lowest BCUT2D eigenvalue weighted by Gasteiger charge is -2.37. The molecule has 140 valence electrons. The van der Waals surface area contributed by atoms with Gasteiger partial charge in [-0.05, 0) is 45.9 Å². The van der Waals surface area contributed by atoms with Crippen LogP contribution >= 0.6 is 11.8 Å². The number of hydrogen-bond acceptors (Lipinski definition) is 2. The standard InChI is InChI=1S/C24H33NS/c1-22(2,3)15-24(7,8)17-14-13-16(23(4,5)6)20-21(17)26-19-12-10-9-11-18(19)25-20/h9-14,25H,15H2,1-8H3. The molecule has 0 saturated heterocycles. The molecule has 2 aromatic rings. The van der Waals surface area contributed by atoms with Crippen molar-refractivity contribution in [2.75, 3.05) is 5.32 Å². The summed E-state index contributed by atoms with van der Waals surface area (Å²) in [5.41, 5.74) is 5.91. The molecule has 0 fully saturated rings. The van der Waals surface area contributed by atoms with Crippen molar-refractivity contribution in [1.82, 2.24) is 0 Å². The van der Waals surface area contributed by atoms with Crippen LogP contribution in [0.1, 0.15) is 72.9 Å². The van der Waals surface area contributed by atoms with Gasteiger partial charge in [-0.3, -0.25) is 0 Å². The van der Waals surface area contributed by atoms with Gasteiger partial charge >= 0.3 is 0 Å². The van der Waals surface area contributed by atoms with Crippen LogP contribution < -0.4 is 5.32 Å². The van der Waals surface area contributed by atoms with Gasteiger partial charge in [-0.2, -0.15) is 0 Å². The van der Waals surface area contributed by atoms with Crippen LogP contribution in [0.15, 0.2) is 46.2 Å². The van der Waals surface area contributed by atoms with Crippen LogP contribution in [-0.2, 0) is 10.8 Å². The molecule has 0 saturated carbocycles. The highest BCUT2D eigenvalue weighted by Crippen LogP contribution is 2.52. The van der Waals surface area contributed by atoms with E-state index in [9.17, 15) is 0 Å². The third-order valence-corrected chi connectivity index (χ3v) is 6.23. The lowest BCUT2D eigenvalue weighted by atomic mass is 9.71. The Hall–Kier alpha value is -1.41. The van der Waals surface area contributed by atoms with Gasteiger partial charge in [-0.25, -0.2) is 0 Å². The quantitative estimate of drug-likeness (QED) is 0.494. The molecular formula is C24H33NS. The molecule has 0 spiro atoms. The molecule has 0 bridgehead atoms. The summed E-state index contributed by atoms with van der Waals surface area (Å²) in [5.74, 6) is 0. The first-order valence-electron chi connectivity index (χ1n) is 9.60. The predicted molar refractivity (Wildman–Crippen MR) is 116 cm³/mol. The zero-order chi connectivity index (χ0) is 19.3. The summed E-state index contributed by atoms with van der Waals surface area (Å²) < 4.78 is 0. The Bertz CT molecular complexity index is 819. The van der Waals surface area contributed by atoms with Crippen molar-refractivity contribution >= 4 is 23.1 Å². The van der Waals surface area contributed by atoms with Crippen molar-refractivity contribution in [2.45, 2.75) is 82.4 Å². The molecule has 1 heterocycles. The lowest BCUT2D eigenvalue weighted by Crippen LogP contribution is -2.27. The fourth-order valence-corrected chi connectivity index (χ4v) is 5.61. The zero-order valence-corrected chi connectivity index (χ0v) is 18.4. The van der Waals surface area contributed by atoms with Crippen LogP contribution in [0, 0.1) is 5.41 Å². The van der Waals surface area contributed by atoms with E-state index in [0.29, 0.717) is 5.41 Å². The van der Waals surface area contributed by atoms with Gasteiger partial charge in [0, 0.05) is 9.79 Å². The minimum absolute atomic E-state index is 0.108. The van der Waals surface area contributed by atoms with Crippen LogP contribution in [-0.4, -0.2) is 0 Å². The Morgan fingerprint density at radius 1 is 0.808 bits per heavy atom. The van der Waals surface area contributed by atoms with Gasteiger partial charge in [0.15, 0.2) is 0 Å². The lowest BCUT2D eigenvalue weighted by molar-refractivity contribution is 0.281. The average molecular weight is 368 g/mol. The normalized spacial score (nSPS) is 14.5. The number of rotatable bonds is 2. The fraction of sp³-hybridized carbons (Fsp3) is 0.500. The summed E-state index contributed by atoms with van der Waals surface area (Å²) in [6.45, 7) is 18.7. The molecule has 1 nitrogen and oxygen atoms in total. The van der Waals surface area contributed by atoms with Gasteiger partial charge in [-0.15, -0.1) is 0 Å². The van der Waals surface area contributed by atoms with E-state index in [1.54, 1.807) is 0 Å². The van der Waals surface area contributed by atoms with Crippen LogP contribution in [0.3, 0.4) is 0 Å². The topological polar surface area (TPSA) is 12.0 Å². The number of fused-ring (bicyclic) bond motifs is 2. The highest BCUT2D eigenvalue weighted by Gasteiger charge is 2.34. The van der Waals surface area contributed by atoms with E-state index < -0.39 is 0 Å². The van der Waals surface area contributed by atoms with Gasteiger partial charge in [0.05, 0.1) is 11.4 Å². The highest BCUT2D eigenvalue weighted by atomic mass is 32.2. The first-order chi connectivity index (χ1) is 11.9. The van der Waals surface area contributed by atoms with Crippen molar-refractivity contribution in [1.29, 1.82) is 0 Å². The monoisotopic (exact) mass is 367 g/mol. The average Bonchev–Trinajstić information content (AvgIpc) is 2.48. The second-order valence-corrected chi connectivity index (χ2v) is 11.5. The maximum Gasteiger partial charge on any atom is 0.0567 e. The summed E-state index contributed by atoms with van der Waals surface area (Å²) >= 11 is 1.93. The molecule has 0 aliphatic carbocycles. The van der Waals surface area contributed by atoms with Gasteiger partial charge in [0.25, 0.3) is 0 Å². The molecule has 0 unspecified atom stereocenters. The third-order valence-electron chi connectivity index (χ3n) is 5.03. The van der Waals surface area contributed by atoms with Crippen LogP contribution in [0.2, 0.25) is 0 Å². The minimum atomic E-state index is 0.108. The highest BCUT2D eigenvalue weighted by molar-refractivity contribution is 7.99. The van der Waals surface area contributed by atoms with E-state index in [0.717, 1.165) is 6.42 Å². The number of benzene rings is 2. The number of anilines is 2. The Labute approximate surface area is 164 Å². The van der Waals surface area contributed by atoms with Crippen molar-refractivity contribution in [3.63, 3.8) is 0 Å². The molecule has 0 radical (unpaired) electrons. The largest absolute Gasteiger partial charge is 0.353 e. The Balaban J connectivity index is 2.18. The minimum Gasteiger partial charge on any atom is -0.353 e. The molecule has 2 aromatic carbocycles. The third kappa shape index (κ3) is 3.81. The van der Waals surface area contributed by atoms with E-state index in [2.05, 4.69) is 97.1 Å². The van der Waals surface area contributed by atoms with Crippen LogP contribution in [0.5, 0.6) is 0 Å². The Morgan fingerprint density at radius 3 is 2.04 bits per heavy atom. The van der Waals surface area contributed by atoms with E-state index in [1.807, 2.05) is 11.8 Å². The van der Waals surface area contributed by atoms with Crippen molar-refractivity contribution in [3.05, 3.63) is 47.5 Å². The maximum atomic E-state index is 3.77. The molecule has 0 amide bonds. The van der Waals surface area contributed by atoms with Gasteiger partial charge in [-0.1, -0.05) is 91.4 Å². The molecule has 1 N–H and O–H groups in total. The van der Waals surface area contributed by atoms with E-state index in [4.69, 9.17) is 0 Å². The summed E-state index contributed by atoms with van der Waals surface area (Å²) in [5, 5.41) is 3.77. The Kier molecular flexibility index (Phi) is 4.72. The molecule has 1 aliphatic heterocycles. The molecule has 26 heavy (non-hydrogen) atoms. The summed E-state index contributed by atoms with van der Waals surface area (Å²) in [6.07, 6.45) is 1.16. The van der Waals surface area contributed by atoms with Crippen LogP contribution in [0.4, 0.5) is 11.4 Å². The van der Waals surface area contributed by atoms with Gasteiger partial charge < -0.3 is 5.32 Å².